The molecule has 2 heterocycles. The van der Waals surface area contributed by atoms with Gasteiger partial charge in [-0.3, -0.25) is 9.48 Å². The van der Waals surface area contributed by atoms with Crippen LogP contribution in [0.25, 0.3) is 0 Å². The van der Waals surface area contributed by atoms with Gasteiger partial charge in [-0.2, -0.15) is 10.1 Å². The minimum Gasteiger partial charge on any atom is -0.391 e. The molecule has 0 aliphatic heterocycles. The number of aliphatic hydroxyl groups excluding tert-OH is 1. The molecule has 0 radical (unpaired) electrons. The van der Waals surface area contributed by atoms with Gasteiger partial charge >= 0.3 is 0 Å². The van der Waals surface area contributed by atoms with E-state index in [-0.39, 0.29) is 35.6 Å². The molecule has 0 saturated heterocycles. The van der Waals surface area contributed by atoms with Gasteiger partial charge in [-0.15, -0.1) is 0 Å². The molecule has 2 aliphatic carbocycles. The van der Waals surface area contributed by atoms with Crippen molar-refractivity contribution < 1.29 is 14.3 Å². The number of aromatic nitrogens is 4. The molecule has 0 spiro atoms. The molecule has 0 unspecified atom stereocenters. The van der Waals surface area contributed by atoms with Crippen LogP contribution in [0.15, 0.2) is 18.6 Å². The third kappa shape index (κ3) is 3.64. The molecular weight excluding hydrogens is 365 g/mol. The Kier molecular flexibility index (Phi) is 4.88. The van der Waals surface area contributed by atoms with Crippen LogP contribution in [0.3, 0.4) is 0 Å². The lowest BCUT2D eigenvalue weighted by Crippen LogP contribution is -2.42. The number of hydrogen-bond acceptors (Lipinski definition) is 7. The van der Waals surface area contributed by atoms with Crippen molar-refractivity contribution in [2.45, 2.75) is 44.9 Å². The van der Waals surface area contributed by atoms with Crippen molar-refractivity contribution in [2.75, 3.05) is 10.6 Å². The van der Waals surface area contributed by atoms with E-state index in [9.17, 15) is 14.3 Å². The number of rotatable bonds is 7. The lowest BCUT2D eigenvalue weighted by Gasteiger charge is -2.30. The monoisotopic (exact) mass is 389 g/mol. The molecule has 9 nitrogen and oxygen atoms in total. The summed E-state index contributed by atoms with van der Waals surface area (Å²) < 4.78 is 15.9. The first-order valence-electron chi connectivity index (χ1n) is 9.46. The fourth-order valence-electron chi connectivity index (χ4n) is 4.52. The van der Waals surface area contributed by atoms with Gasteiger partial charge < -0.3 is 21.5 Å². The SMILES string of the molecule is C[C@@H](O)Cn1cc(Nc2ncc(F)c(N[C@@H]3[C@H]4CC[C@H](C4)[C@@H]3C(N)=O)n2)cn1. The Morgan fingerprint density at radius 3 is 2.96 bits per heavy atom. The lowest BCUT2D eigenvalue weighted by molar-refractivity contribution is -0.123. The molecule has 2 aromatic rings. The Labute approximate surface area is 161 Å². The van der Waals surface area contributed by atoms with Gasteiger partial charge in [0.15, 0.2) is 11.6 Å². The van der Waals surface area contributed by atoms with Gasteiger partial charge in [0.1, 0.15) is 0 Å². The fourth-order valence-corrected chi connectivity index (χ4v) is 4.52. The summed E-state index contributed by atoms with van der Waals surface area (Å²) in [6, 6.07) is -0.206. The predicted molar refractivity (Wildman–Crippen MR) is 100 cm³/mol. The Bertz CT molecular complexity index is 871. The normalized spacial score (nSPS) is 27.0. The first-order valence-corrected chi connectivity index (χ1v) is 9.46. The van der Waals surface area contributed by atoms with E-state index in [0.29, 0.717) is 18.2 Å². The maximum absolute atomic E-state index is 14.3. The molecule has 150 valence electrons. The third-order valence-corrected chi connectivity index (χ3v) is 5.63. The van der Waals surface area contributed by atoms with Gasteiger partial charge in [0.05, 0.1) is 36.6 Å². The molecule has 28 heavy (non-hydrogen) atoms. The lowest BCUT2D eigenvalue weighted by atomic mass is 9.84. The molecular formula is C18H24FN7O2. The number of nitrogens with two attached hydrogens (primary N) is 1. The van der Waals surface area contributed by atoms with E-state index in [0.717, 1.165) is 25.5 Å². The van der Waals surface area contributed by atoms with Gasteiger partial charge in [0.25, 0.3) is 0 Å². The molecule has 0 aromatic carbocycles. The summed E-state index contributed by atoms with van der Waals surface area (Å²) in [5, 5.41) is 19.6. The van der Waals surface area contributed by atoms with Crippen molar-refractivity contribution in [1.29, 1.82) is 0 Å². The maximum Gasteiger partial charge on any atom is 0.229 e. The number of amides is 1. The molecule has 10 heteroatoms. The quantitative estimate of drug-likeness (QED) is 0.560. The number of carbonyl (C=O) groups excluding carboxylic acids is 1. The van der Waals surface area contributed by atoms with E-state index in [4.69, 9.17) is 5.73 Å². The summed E-state index contributed by atoms with van der Waals surface area (Å²) in [5.41, 5.74) is 6.21. The van der Waals surface area contributed by atoms with Gasteiger partial charge in [-0.25, -0.2) is 9.37 Å². The zero-order chi connectivity index (χ0) is 19.8. The van der Waals surface area contributed by atoms with Crippen molar-refractivity contribution in [3.05, 3.63) is 24.4 Å². The average molecular weight is 389 g/mol. The summed E-state index contributed by atoms with van der Waals surface area (Å²) in [7, 11) is 0. The molecule has 4 rings (SSSR count). The predicted octanol–water partition coefficient (Wildman–Crippen LogP) is 1.25. The largest absolute Gasteiger partial charge is 0.391 e. The molecule has 1 amide bonds. The number of nitrogens with zero attached hydrogens (tertiary/aromatic N) is 4. The Balaban J connectivity index is 1.50. The van der Waals surface area contributed by atoms with E-state index < -0.39 is 11.9 Å². The van der Waals surface area contributed by atoms with Crippen molar-refractivity contribution in [3.63, 3.8) is 0 Å². The van der Waals surface area contributed by atoms with Crippen molar-refractivity contribution in [2.24, 2.45) is 23.5 Å². The van der Waals surface area contributed by atoms with Crippen molar-refractivity contribution in [3.8, 4) is 0 Å². The first-order chi connectivity index (χ1) is 13.4. The zero-order valence-electron chi connectivity index (χ0n) is 15.5. The Morgan fingerprint density at radius 2 is 2.21 bits per heavy atom. The van der Waals surface area contributed by atoms with E-state index in [1.165, 1.54) is 0 Å². The molecule has 2 bridgehead atoms. The van der Waals surface area contributed by atoms with E-state index in [2.05, 4.69) is 25.7 Å². The Morgan fingerprint density at radius 1 is 1.43 bits per heavy atom. The second kappa shape index (κ2) is 7.34. The summed E-state index contributed by atoms with van der Waals surface area (Å²) in [4.78, 5) is 20.1. The summed E-state index contributed by atoms with van der Waals surface area (Å²) in [6.07, 6.45) is 6.77. The number of nitrogens with one attached hydrogen (secondary N) is 2. The van der Waals surface area contributed by atoms with Crippen molar-refractivity contribution in [1.82, 2.24) is 19.7 Å². The number of fused-ring (bicyclic) bond motifs is 2. The van der Waals surface area contributed by atoms with Crippen LogP contribution < -0.4 is 16.4 Å². The standard InChI is InChI=1S/C18H24FN7O2/c1-9(27)7-26-8-12(5-22-26)23-18-21-6-13(19)17(25-18)24-15-11-3-2-10(4-11)14(15)16(20)28/h5-6,8-11,14-15,27H,2-4,7H2,1H3,(H2,20,28)(H2,21,23,24,25)/t9-,10-,11+,14+,15-/m1/s1. The van der Waals surface area contributed by atoms with Crippen LogP contribution in [-0.4, -0.2) is 42.9 Å². The zero-order valence-corrected chi connectivity index (χ0v) is 15.5. The smallest absolute Gasteiger partial charge is 0.229 e. The minimum atomic E-state index is -0.582. The highest BCUT2D eigenvalue weighted by molar-refractivity contribution is 5.79. The first kappa shape index (κ1) is 18.6. The van der Waals surface area contributed by atoms with Crippen molar-refractivity contribution >= 4 is 23.4 Å². The van der Waals surface area contributed by atoms with Crippen LogP contribution in [0.1, 0.15) is 26.2 Å². The van der Waals surface area contributed by atoms with Gasteiger partial charge in [-0.05, 0) is 38.0 Å². The summed E-state index contributed by atoms with van der Waals surface area (Å²) >= 11 is 0. The second-order valence-electron chi connectivity index (χ2n) is 7.75. The highest BCUT2D eigenvalue weighted by Crippen LogP contribution is 2.49. The number of carbonyl (C=O) groups is 1. The molecule has 2 saturated carbocycles. The topological polar surface area (TPSA) is 131 Å². The molecule has 5 N–H and O–H groups in total. The molecule has 2 fully saturated rings. The molecule has 5 atom stereocenters. The average Bonchev–Trinajstić information content (AvgIpc) is 3.33. The summed E-state index contributed by atoms with van der Waals surface area (Å²) in [5.74, 6) is -0.404. The van der Waals surface area contributed by atoms with E-state index in [1.54, 1.807) is 24.0 Å². The van der Waals surface area contributed by atoms with Crippen LogP contribution >= 0.6 is 0 Å². The van der Waals surface area contributed by atoms with Crippen LogP contribution in [0.2, 0.25) is 0 Å². The van der Waals surface area contributed by atoms with E-state index >= 15 is 0 Å². The molecule has 2 aliphatic rings. The van der Waals surface area contributed by atoms with Crippen LogP contribution in [0, 0.1) is 23.6 Å². The number of aliphatic hydroxyl groups is 1. The van der Waals surface area contributed by atoms with Crippen LogP contribution in [-0.2, 0) is 11.3 Å². The number of hydrogen-bond donors (Lipinski definition) is 4. The third-order valence-electron chi connectivity index (χ3n) is 5.63. The van der Waals surface area contributed by atoms with Gasteiger partial charge in [0, 0.05) is 12.2 Å². The molecule has 2 aromatic heterocycles. The number of halogens is 1. The number of primary amides is 1. The van der Waals surface area contributed by atoms with Crippen LogP contribution in [0.4, 0.5) is 21.8 Å². The maximum atomic E-state index is 14.3. The summed E-state index contributed by atoms with van der Waals surface area (Å²) in [6.45, 7) is 2.03. The highest BCUT2D eigenvalue weighted by atomic mass is 19.1. The van der Waals surface area contributed by atoms with Crippen LogP contribution in [0.5, 0.6) is 0 Å². The van der Waals surface area contributed by atoms with Gasteiger partial charge in [-0.1, -0.05) is 0 Å². The minimum absolute atomic E-state index is 0.0534. The number of anilines is 3. The Hall–Kier alpha value is -2.75. The van der Waals surface area contributed by atoms with Gasteiger partial charge in [0.2, 0.25) is 11.9 Å². The van der Waals surface area contributed by atoms with E-state index in [1.807, 2.05) is 0 Å². The fraction of sp³-hybridized carbons (Fsp3) is 0.556. The second-order valence-corrected chi connectivity index (χ2v) is 7.75. The highest BCUT2D eigenvalue weighted by Gasteiger charge is 2.50.